The van der Waals surface area contributed by atoms with E-state index in [0.717, 1.165) is 45.6 Å². The number of rotatable bonds is 8. The van der Waals surface area contributed by atoms with Crippen LogP contribution in [0, 0.1) is 5.92 Å². The molecule has 1 saturated heterocycles. The molecule has 0 radical (unpaired) electrons. The van der Waals surface area contributed by atoms with Crippen LogP contribution in [0.15, 0.2) is 12.4 Å². The van der Waals surface area contributed by atoms with Crippen LogP contribution in [0.2, 0.25) is 0 Å². The van der Waals surface area contributed by atoms with E-state index in [9.17, 15) is 4.79 Å². The summed E-state index contributed by atoms with van der Waals surface area (Å²) in [5, 5.41) is 11.8. The van der Waals surface area contributed by atoms with E-state index in [1.54, 1.807) is 0 Å². The van der Waals surface area contributed by atoms with Crippen molar-refractivity contribution in [3.05, 3.63) is 18.1 Å². The van der Waals surface area contributed by atoms with E-state index < -0.39 is 5.97 Å². The SMILES string of the molecule is O=C(O)c1cnc(NCCCOCC2CCOCC2)cn1. The van der Waals surface area contributed by atoms with Crippen LogP contribution < -0.4 is 5.32 Å². The molecule has 21 heavy (non-hydrogen) atoms. The van der Waals surface area contributed by atoms with Crippen molar-refractivity contribution < 1.29 is 19.4 Å². The van der Waals surface area contributed by atoms with Crippen LogP contribution in [-0.2, 0) is 9.47 Å². The van der Waals surface area contributed by atoms with Crippen LogP contribution in [0.3, 0.4) is 0 Å². The Labute approximate surface area is 123 Å². The molecule has 0 saturated carbocycles. The number of hydrogen-bond donors (Lipinski definition) is 2. The van der Waals surface area contributed by atoms with Crippen molar-refractivity contribution in [1.82, 2.24) is 9.97 Å². The number of carboxylic acids is 1. The summed E-state index contributed by atoms with van der Waals surface area (Å²) in [5.41, 5.74) is -0.0552. The summed E-state index contributed by atoms with van der Waals surface area (Å²) in [6.07, 6.45) is 5.71. The van der Waals surface area contributed by atoms with E-state index in [4.69, 9.17) is 14.6 Å². The highest BCUT2D eigenvalue weighted by molar-refractivity contribution is 5.84. The highest BCUT2D eigenvalue weighted by Gasteiger charge is 2.13. The lowest BCUT2D eigenvalue weighted by Gasteiger charge is -2.21. The number of nitrogens with zero attached hydrogens (tertiary/aromatic N) is 2. The zero-order valence-corrected chi connectivity index (χ0v) is 12.0. The third-order valence-electron chi connectivity index (χ3n) is 3.34. The highest BCUT2D eigenvalue weighted by atomic mass is 16.5. The Bertz CT molecular complexity index is 432. The second-order valence-electron chi connectivity index (χ2n) is 5.00. The van der Waals surface area contributed by atoms with Crippen molar-refractivity contribution in [1.29, 1.82) is 0 Å². The maximum Gasteiger partial charge on any atom is 0.356 e. The lowest BCUT2D eigenvalue weighted by molar-refractivity contribution is 0.0206. The lowest BCUT2D eigenvalue weighted by Crippen LogP contribution is -2.20. The number of hydrogen-bond acceptors (Lipinski definition) is 6. The Kier molecular flexibility index (Phi) is 6.36. The minimum absolute atomic E-state index is 0.0552. The summed E-state index contributed by atoms with van der Waals surface area (Å²) in [6, 6.07) is 0. The van der Waals surface area contributed by atoms with Gasteiger partial charge in [0.25, 0.3) is 0 Å². The van der Waals surface area contributed by atoms with Gasteiger partial charge in [-0.05, 0) is 25.2 Å². The molecule has 0 bridgehead atoms. The molecule has 7 nitrogen and oxygen atoms in total. The van der Waals surface area contributed by atoms with Crippen molar-refractivity contribution in [2.45, 2.75) is 19.3 Å². The predicted octanol–water partition coefficient (Wildman–Crippen LogP) is 1.42. The molecular formula is C14H21N3O4. The minimum atomic E-state index is -1.07. The average Bonchev–Trinajstić information content (AvgIpc) is 2.52. The fraction of sp³-hybridized carbons (Fsp3) is 0.643. The average molecular weight is 295 g/mol. The first-order valence-electron chi connectivity index (χ1n) is 7.20. The second kappa shape index (κ2) is 8.53. The summed E-state index contributed by atoms with van der Waals surface area (Å²) in [4.78, 5) is 18.4. The lowest BCUT2D eigenvalue weighted by atomic mass is 10.0. The Hall–Kier alpha value is -1.73. The number of carboxylic acid groups (broad SMARTS) is 1. The summed E-state index contributed by atoms with van der Waals surface area (Å²) >= 11 is 0. The normalized spacial score (nSPS) is 15.8. The van der Waals surface area contributed by atoms with Crippen LogP contribution >= 0.6 is 0 Å². The molecule has 2 heterocycles. The molecule has 1 aliphatic heterocycles. The number of aromatic carboxylic acids is 1. The topological polar surface area (TPSA) is 93.6 Å². The van der Waals surface area contributed by atoms with Gasteiger partial charge in [-0.25, -0.2) is 14.8 Å². The first kappa shape index (κ1) is 15.7. The van der Waals surface area contributed by atoms with Gasteiger partial charge in [0.2, 0.25) is 0 Å². The molecule has 1 aromatic rings. The number of carbonyl (C=O) groups is 1. The Morgan fingerprint density at radius 2 is 2.19 bits per heavy atom. The standard InChI is InChI=1S/C14H21N3O4/c18-14(19)12-8-17-13(9-16-12)15-4-1-5-21-10-11-2-6-20-7-3-11/h8-9,11H,1-7,10H2,(H,15,17)(H,18,19). The fourth-order valence-corrected chi connectivity index (χ4v) is 2.08. The molecule has 0 unspecified atom stereocenters. The Morgan fingerprint density at radius 1 is 1.38 bits per heavy atom. The number of ether oxygens (including phenoxy) is 2. The predicted molar refractivity (Wildman–Crippen MR) is 76.5 cm³/mol. The quantitative estimate of drug-likeness (QED) is 0.700. The monoisotopic (exact) mass is 295 g/mol. The van der Waals surface area contributed by atoms with E-state index in [1.807, 2.05) is 0 Å². The molecule has 116 valence electrons. The van der Waals surface area contributed by atoms with Crippen LogP contribution in [-0.4, -0.2) is 54.0 Å². The van der Waals surface area contributed by atoms with Crippen molar-refractivity contribution in [2.75, 3.05) is 38.3 Å². The zero-order valence-electron chi connectivity index (χ0n) is 12.0. The largest absolute Gasteiger partial charge is 0.476 e. The van der Waals surface area contributed by atoms with Gasteiger partial charge in [-0.3, -0.25) is 0 Å². The summed E-state index contributed by atoms with van der Waals surface area (Å²) in [6.45, 7) is 3.91. The second-order valence-corrected chi connectivity index (χ2v) is 5.00. The maximum atomic E-state index is 10.6. The van der Waals surface area contributed by atoms with E-state index in [-0.39, 0.29) is 5.69 Å². The molecule has 2 N–H and O–H groups in total. The number of aromatic nitrogens is 2. The molecule has 0 aromatic carbocycles. The van der Waals surface area contributed by atoms with Gasteiger partial charge in [0.1, 0.15) is 5.82 Å². The number of nitrogens with one attached hydrogen (secondary N) is 1. The molecule has 0 aliphatic carbocycles. The van der Waals surface area contributed by atoms with Gasteiger partial charge in [0.15, 0.2) is 5.69 Å². The van der Waals surface area contributed by atoms with Crippen molar-refractivity contribution >= 4 is 11.8 Å². The van der Waals surface area contributed by atoms with Crippen LogP contribution in [0.5, 0.6) is 0 Å². The van der Waals surface area contributed by atoms with Crippen molar-refractivity contribution in [2.24, 2.45) is 5.92 Å². The molecule has 7 heteroatoms. The summed E-state index contributed by atoms with van der Waals surface area (Å²) < 4.78 is 11.0. The fourth-order valence-electron chi connectivity index (χ4n) is 2.08. The van der Waals surface area contributed by atoms with Gasteiger partial charge in [0.05, 0.1) is 12.4 Å². The Morgan fingerprint density at radius 3 is 2.86 bits per heavy atom. The van der Waals surface area contributed by atoms with Gasteiger partial charge >= 0.3 is 5.97 Å². The highest BCUT2D eigenvalue weighted by Crippen LogP contribution is 2.14. The summed E-state index contributed by atoms with van der Waals surface area (Å²) in [5.74, 6) is 0.126. The molecule has 1 aliphatic rings. The van der Waals surface area contributed by atoms with Gasteiger partial charge < -0.3 is 19.9 Å². The zero-order chi connectivity index (χ0) is 14.9. The van der Waals surface area contributed by atoms with E-state index >= 15 is 0 Å². The van der Waals surface area contributed by atoms with Gasteiger partial charge in [-0.1, -0.05) is 0 Å². The summed E-state index contributed by atoms with van der Waals surface area (Å²) in [7, 11) is 0. The van der Waals surface area contributed by atoms with Crippen molar-refractivity contribution in [3.8, 4) is 0 Å². The van der Waals surface area contributed by atoms with Gasteiger partial charge in [-0.2, -0.15) is 0 Å². The molecule has 0 amide bonds. The van der Waals surface area contributed by atoms with Crippen LogP contribution in [0.1, 0.15) is 29.8 Å². The van der Waals surface area contributed by atoms with Gasteiger partial charge in [0, 0.05) is 33.0 Å². The van der Waals surface area contributed by atoms with Crippen LogP contribution in [0.4, 0.5) is 5.82 Å². The van der Waals surface area contributed by atoms with E-state index in [2.05, 4.69) is 15.3 Å². The smallest absolute Gasteiger partial charge is 0.356 e. The third kappa shape index (κ3) is 5.65. The van der Waals surface area contributed by atoms with E-state index in [1.165, 1.54) is 12.4 Å². The number of anilines is 1. The minimum Gasteiger partial charge on any atom is -0.476 e. The Balaban J connectivity index is 1.54. The van der Waals surface area contributed by atoms with Crippen molar-refractivity contribution in [3.63, 3.8) is 0 Å². The first-order valence-corrected chi connectivity index (χ1v) is 7.20. The molecule has 0 atom stereocenters. The van der Waals surface area contributed by atoms with E-state index in [0.29, 0.717) is 18.3 Å². The van der Waals surface area contributed by atoms with Gasteiger partial charge in [-0.15, -0.1) is 0 Å². The third-order valence-corrected chi connectivity index (χ3v) is 3.34. The molecular weight excluding hydrogens is 274 g/mol. The molecule has 0 spiro atoms. The van der Waals surface area contributed by atoms with Crippen LogP contribution in [0.25, 0.3) is 0 Å². The molecule has 2 rings (SSSR count). The maximum absolute atomic E-state index is 10.6. The molecule has 1 fully saturated rings. The molecule has 1 aromatic heterocycles. The first-order chi connectivity index (χ1) is 10.3.